The maximum absolute atomic E-state index is 12.5. The van der Waals surface area contributed by atoms with Gasteiger partial charge >= 0.3 is 5.82 Å². The number of aromatic nitrogens is 2. The van der Waals surface area contributed by atoms with Crippen LogP contribution in [0.25, 0.3) is 0 Å². The van der Waals surface area contributed by atoms with E-state index >= 15 is 0 Å². The lowest BCUT2D eigenvalue weighted by Crippen LogP contribution is -2.27. The molecule has 0 saturated heterocycles. The van der Waals surface area contributed by atoms with Crippen molar-refractivity contribution in [3.05, 3.63) is 86.6 Å². The van der Waals surface area contributed by atoms with E-state index in [0.29, 0.717) is 31.0 Å². The van der Waals surface area contributed by atoms with Gasteiger partial charge in [0.25, 0.3) is 5.91 Å². The predicted octanol–water partition coefficient (Wildman–Crippen LogP) is 3.73. The summed E-state index contributed by atoms with van der Waals surface area (Å²) in [5.41, 5.74) is 4.27. The van der Waals surface area contributed by atoms with Crippen LogP contribution < -0.4 is 10.1 Å². The minimum Gasteiger partial charge on any atom is -0.489 e. The smallest absolute Gasteiger partial charge is 0.390 e. The maximum Gasteiger partial charge on any atom is 0.390 e. The Kier molecular flexibility index (Phi) is 6.46. The Morgan fingerprint density at radius 2 is 1.97 bits per heavy atom. The zero-order chi connectivity index (χ0) is 21.7. The summed E-state index contributed by atoms with van der Waals surface area (Å²) in [5.74, 6) is 0.409. The van der Waals surface area contributed by atoms with Gasteiger partial charge < -0.3 is 20.2 Å². The molecule has 1 aromatic heterocycles. The van der Waals surface area contributed by atoms with Crippen LogP contribution in [0.2, 0.25) is 0 Å². The molecule has 1 amide bonds. The standard InChI is InChI=1S/C22H24N4O4/c1-15-7-8-16(2)20(11-15)30-14-18-5-4-6-19(13-18)22(27)23-9-10-25-17(3)12-21(24-25)26(28)29/h4-8,11-13H,9-10,14H2,1-3H3,(H,23,27). The van der Waals surface area contributed by atoms with Crippen LogP contribution in [-0.2, 0) is 13.2 Å². The third-order valence-corrected chi connectivity index (χ3v) is 4.69. The summed E-state index contributed by atoms with van der Waals surface area (Å²) in [6, 6.07) is 14.7. The van der Waals surface area contributed by atoms with E-state index in [2.05, 4.69) is 10.4 Å². The Hall–Kier alpha value is -3.68. The highest BCUT2D eigenvalue weighted by molar-refractivity contribution is 5.94. The summed E-state index contributed by atoms with van der Waals surface area (Å²) >= 11 is 0. The SMILES string of the molecule is Cc1ccc(C)c(OCc2cccc(C(=O)NCCn3nc([N+](=O)[O-])cc3C)c2)c1. The van der Waals surface area contributed by atoms with Gasteiger partial charge in [0.15, 0.2) is 0 Å². The van der Waals surface area contributed by atoms with Gasteiger partial charge in [-0.2, -0.15) is 4.68 Å². The molecular formula is C22H24N4O4. The molecule has 0 aliphatic heterocycles. The largest absolute Gasteiger partial charge is 0.489 e. The molecule has 0 aliphatic carbocycles. The molecule has 0 fully saturated rings. The van der Waals surface area contributed by atoms with Crippen LogP contribution in [0.4, 0.5) is 5.82 Å². The van der Waals surface area contributed by atoms with Crippen molar-refractivity contribution in [2.75, 3.05) is 6.54 Å². The molecule has 156 valence electrons. The van der Waals surface area contributed by atoms with Crippen molar-refractivity contribution in [1.82, 2.24) is 15.1 Å². The van der Waals surface area contributed by atoms with Crippen molar-refractivity contribution in [3.63, 3.8) is 0 Å². The molecule has 1 N–H and O–H groups in total. The van der Waals surface area contributed by atoms with Crippen molar-refractivity contribution >= 4 is 11.7 Å². The molecule has 3 aromatic rings. The first-order valence-electron chi connectivity index (χ1n) is 9.59. The molecule has 8 nitrogen and oxygen atoms in total. The number of aryl methyl sites for hydroxylation is 3. The second-order valence-corrected chi connectivity index (χ2v) is 7.14. The summed E-state index contributed by atoms with van der Waals surface area (Å²) < 4.78 is 7.42. The number of nitrogens with one attached hydrogen (secondary N) is 1. The summed E-state index contributed by atoms with van der Waals surface area (Å²) in [7, 11) is 0. The van der Waals surface area contributed by atoms with E-state index in [1.165, 1.54) is 10.7 Å². The van der Waals surface area contributed by atoms with E-state index in [0.717, 1.165) is 22.4 Å². The maximum atomic E-state index is 12.5. The Bertz CT molecular complexity index is 1070. The molecule has 0 atom stereocenters. The average Bonchev–Trinajstić information content (AvgIpc) is 3.10. The lowest BCUT2D eigenvalue weighted by Gasteiger charge is -2.11. The third kappa shape index (κ3) is 5.22. The molecule has 1 heterocycles. The lowest BCUT2D eigenvalue weighted by atomic mass is 10.1. The van der Waals surface area contributed by atoms with E-state index in [1.54, 1.807) is 19.1 Å². The molecule has 0 radical (unpaired) electrons. The first kappa shape index (κ1) is 21.0. The number of carbonyl (C=O) groups excluding carboxylic acids is 1. The predicted molar refractivity (Wildman–Crippen MR) is 113 cm³/mol. The first-order chi connectivity index (χ1) is 14.3. The third-order valence-electron chi connectivity index (χ3n) is 4.69. The van der Waals surface area contributed by atoms with Crippen LogP contribution in [0.1, 0.15) is 32.7 Å². The van der Waals surface area contributed by atoms with Crippen molar-refractivity contribution in [2.24, 2.45) is 0 Å². The summed E-state index contributed by atoms with van der Waals surface area (Å²) in [5, 5.41) is 17.5. The summed E-state index contributed by atoms with van der Waals surface area (Å²) in [6.07, 6.45) is 0. The van der Waals surface area contributed by atoms with E-state index in [9.17, 15) is 14.9 Å². The van der Waals surface area contributed by atoms with Crippen molar-refractivity contribution < 1.29 is 14.5 Å². The fraction of sp³-hybridized carbons (Fsp3) is 0.273. The quantitative estimate of drug-likeness (QED) is 0.452. The van der Waals surface area contributed by atoms with E-state index in [1.807, 2.05) is 44.2 Å². The van der Waals surface area contributed by atoms with Gasteiger partial charge in [0.2, 0.25) is 0 Å². The topological polar surface area (TPSA) is 99.3 Å². The molecule has 30 heavy (non-hydrogen) atoms. The molecule has 0 saturated carbocycles. The Labute approximate surface area is 174 Å². The zero-order valence-electron chi connectivity index (χ0n) is 17.2. The highest BCUT2D eigenvalue weighted by atomic mass is 16.6. The van der Waals surface area contributed by atoms with Crippen LogP contribution in [0.15, 0.2) is 48.5 Å². The van der Waals surface area contributed by atoms with Crippen molar-refractivity contribution in [2.45, 2.75) is 33.9 Å². The zero-order valence-corrected chi connectivity index (χ0v) is 17.2. The van der Waals surface area contributed by atoms with Gasteiger partial charge in [0.05, 0.1) is 23.4 Å². The number of nitro groups is 1. The van der Waals surface area contributed by atoms with Gasteiger partial charge in [0.1, 0.15) is 12.4 Å². The number of nitrogens with zero attached hydrogens (tertiary/aromatic N) is 3. The van der Waals surface area contributed by atoms with Crippen LogP contribution >= 0.6 is 0 Å². The van der Waals surface area contributed by atoms with Gasteiger partial charge in [0, 0.05) is 12.1 Å². The number of carbonyl (C=O) groups is 1. The molecule has 3 rings (SSSR count). The average molecular weight is 408 g/mol. The second kappa shape index (κ2) is 9.21. The van der Waals surface area contributed by atoms with Crippen LogP contribution in [0.3, 0.4) is 0 Å². The second-order valence-electron chi connectivity index (χ2n) is 7.14. The Morgan fingerprint density at radius 3 is 2.70 bits per heavy atom. The highest BCUT2D eigenvalue weighted by Gasteiger charge is 2.15. The fourth-order valence-corrected chi connectivity index (χ4v) is 3.01. The molecule has 2 aromatic carbocycles. The Morgan fingerprint density at radius 1 is 1.17 bits per heavy atom. The lowest BCUT2D eigenvalue weighted by molar-refractivity contribution is -0.389. The first-order valence-corrected chi connectivity index (χ1v) is 9.59. The van der Waals surface area contributed by atoms with E-state index in [-0.39, 0.29) is 11.7 Å². The normalized spacial score (nSPS) is 10.6. The van der Waals surface area contributed by atoms with Crippen LogP contribution in [0, 0.1) is 30.9 Å². The Balaban J connectivity index is 1.56. The molecule has 0 unspecified atom stereocenters. The van der Waals surface area contributed by atoms with E-state index < -0.39 is 4.92 Å². The van der Waals surface area contributed by atoms with Crippen LogP contribution in [-0.4, -0.2) is 27.2 Å². The van der Waals surface area contributed by atoms with Gasteiger partial charge in [-0.1, -0.05) is 24.3 Å². The number of ether oxygens (including phenoxy) is 1. The summed E-state index contributed by atoms with van der Waals surface area (Å²) in [6.45, 7) is 6.76. The fourth-order valence-electron chi connectivity index (χ4n) is 3.01. The van der Waals surface area contributed by atoms with Crippen LogP contribution in [0.5, 0.6) is 5.75 Å². The number of rotatable bonds is 8. The van der Waals surface area contributed by atoms with Crippen molar-refractivity contribution in [1.29, 1.82) is 0 Å². The number of hydrogen-bond acceptors (Lipinski definition) is 5. The van der Waals surface area contributed by atoms with Crippen molar-refractivity contribution in [3.8, 4) is 5.75 Å². The van der Waals surface area contributed by atoms with Gasteiger partial charge in [-0.25, -0.2) is 0 Å². The number of benzene rings is 2. The minimum atomic E-state index is -0.534. The molecule has 0 spiro atoms. The highest BCUT2D eigenvalue weighted by Crippen LogP contribution is 2.20. The van der Waals surface area contributed by atoms with Gasteiger partial charge in [-0.05, 0) is 60.6 Å². The minimum absolute atomic E-state index is 0.199. The number of hydrogen-bond donors (Lipinski definition) is 1. The molecular weight excluding hydrogens is 384 g/mol. The molecule has 0 aliphatic rings. The van der Waals surface area contributed by atoms with Gasteiger partial charge in [-0.15, -0.1) is 0 Å². The van der Waals surface area contributed by atoms with E-state index in [4.69, 9.17) is 4.74 Å². The number of amides is 1. The summed E-state index contributed by atoms with van der Waals surface area (Å²) in [4.78, 5) is 22.7. The molecule has 0 bridgehead atoms. The van der Waals surface area contributed by atoms with Gasteiger partial charge in [-0.3, -0.25) is 4.79 Å². The molecule has 8 heteroatoms. The monoisotopic (exact) mass is 408 g/mol.